The zero-order chi connectivity index (χ0) is 7.71. The van der Waals surface area contributed by atoms with Crippen LogP contribution in [-0.2, 0) is 7.47 Å². The van der Waals surface area contributed by atoms with E-state index in [0.717, 1.165) is 0 Å². The molecule has 0 aromatic rings. The molecule has 9 heavy (non-hydrogen) atoms. The van der Waals surface area contributed by atoms with Crippen LogP contribution in [0.2, 0.25) is 0 Å². The average Bonchev–Trinajstić information content (AvgIpc) is 1.14. The van der Waals surface area contributed by atoms with Gasteiger partial charge in [-0.15, -0.1) is 0 Å². The normalized spacial score (nSPS) is 13.9. The monoisotopic (exact) mass is 210 g/mol. The maximum atomic E-state index is 10.9. The molecule has 0 aliphatic rings. The summed E-state index contributed by atoms with van der Waals surface area (Å²) in [5, 5.41) is 0. The Morgan fingerprint density at radius 2 is 1.67 bits per heavy atom. The SMILES string of the molecule is O=[As](O)(O)OC(F)(F)F. The summed E-state index contributed by atoms with van der Waals surface area (Å²) in [6.45, 7) is 0. The zero-order valence-electron chi connectivity index (χ0n) is 3.79. The Labute approximate surface area is 50.6 Å². The summed E-state index contributed by atoms with van der Waals surface area (Å²) in [6, 6.07) is 0. The molecule has 0 radical (unpaired) electrons. The number of hydrogen-bond donors (Lipinski definition) is 2. The van der Waals surface area contributed by atoms with Crippen molar-refractivity contribution in [1.82, 2.24) is 0 Å². The third kappa shape index (κ3) is 8.03. The Morgan fingerprint density at radius 3 is 1.67 bits per heavy atom. The van der Waals surface area contributed by atoms with E-state index in [4.69, 9.17) is 8.19 Å². The van der Waals surface area contributed by atoms with Crippen LogP contribution in [-0.4, -0.2) is 29.1 Å². The molecule has 0 rings (SSSR count). The van der Waals surface area contributed by atoms with Gasteiger partial charge in [0.1, 0.15) is 0 Å². The number of rotatable bonds is 1. The molecule has 8 heteroatoms. The fourth-order valence-electron chi connectivity index (χ4n) is 0.135. The second kappa shape index (κ2) is 2.34. The molecular weight excluding hydrogens is 208 g/mol. The van der Waals surface area contributed by atoms with Gasteiger partial charge >= 0.3 is 49.7 Å². The molecule has 0 aliphatic heterocycles. The van der Waals surface area contributed by atoms with Crippen LogP contribution in [0.3, 0.4) is 0 Å². The molecule has 0 saturated heterocycles. The summed E-state index contributed by atoms with van der Waals surface area (Å²) in [7, 11) is 0. The van der Waals surface area contributed by atoms with Crippen molar-refractivity contribution in [3.05, 3.63) is 0 Å². The van der Waals surface area contributed by atoms with Gasteiger partial charge in [-0.1, -0.05) is 0 Å². The summed E-state index contributed by atoms with van der Waals surface area (Å²) in [5.41, 5.74) is 0. The molecule has 0 aliphatic carbocycles. The molecule has 0 atom stereocenters. The topological polar surface area (TPSA) is 66.8 Å². The van der Waals surface area contributed by atoms with Crippen LogP contribution < -0.4 is 0 Å². The van der Waals surface area contributed by atoms with Crippen LogP contribution in [0.4, 0.5) is 13.2 Å². The molecular formula is CH2AsF3O4. The Hall–Kier alpha value is 0.0284. The Bertz CT molecular complexity index is 133. The first-order valence-electron chi connectivity index (χ1n) is 1.54. The van der Waals surface area contributed by atoms with Crippen molar-refractivity contribution in [3.63, 3.8) is 0 Å². The van der Waals surface area contributed by atoms with Crippen LogP contribution in [0.1, 0.15) is 0 Å². The third-order valence-corrected chi connectivity index (χ3v) is 1.16. The van der Waals surface area contributed by atoms with E-state index in [9.17, 15) is 16.9 Å². The van der Waals surface area contributed by atoms with Crippen molar-refractivity contribution >= 4 is 14.5 Å². The average molecular weight is 210 g/mol. The predicted molar refractivity (Wildman–Crippen MR) is 18.0 cm³/mol. The molecule has 0 unspecified atom stereocenters. The summed E-state index contributed by atoms with van der Waals surface area (Å²) >= 11 is -5.97. The minimum absolute atomic E-state index is 2.35. The summed E-state index contributed by atoms with van der Waals surface area (Å²) in [6.07, 6.45) is -5.25. The molecule has 0 aromatic carbocycles. The van der Waals surface area contributed by atoms with Crippen molar-refractivity contribution in [3.8, 4) is 0 Å². The quantitative estimate of drug-likeness (QED) is 0.565. The van der Waals surface area contributed by atoms with Gasteiger partial charge in [0.15, 0.2) is 0 Å². The second-order valence-electron chi connectivity index (χ2n) is 1.03. The van der Waals surface area contributed by atoms with E-state index < -0.39 is 20.9 Å². The first kappa shape index (κ1) is 9.03. The standard InChI is InChI=1S/CH2AsF3O4/c3-1(4,5)9-2(6,7)8/h(H2,6,7,8). The van der Waals surface area contributed by atoms with E-state index in [1.54, 1.807) is 0 Å². The minimum atomic E-state index is -5.97. The van der Waals surface area contributed by atoms with Gasteiger partial charge in [-0.25, -0.2) is 0 Å². The van der Waals surface area contributed by atoms with E-state index in [2.05, 4.69) is 3.73 Å². The van der Waals surface area contributed by atoms with Crippen LogP contribution in [0.5, 0.6) is 0 Å². The van der Waals surface area contributed by atoms with Gasteiger partial charge in [-0.2, -0.15) is 0 Å². The van der Waals surface area contributed by atoms with Crippen molar-refractivity contribution in [2.75, 3.05) is 0 Å². The van der Waals surface area contributed by atoms with Crippen molar-refractivity contribution in [2.45, 2.75) is 6.36 Å². The molecule has 0 aromatic heterocycles. The molecule has 2 N–H and O–H groups in total. The molecule has 0 heterocycles. The van der Waals surface area contributed by atoms with E-state index in [1.165, 1.54) is 0 Å². The Balaban J connectivity index is 3.90. The first-order valence-corrected chi connectivity index (χ1v) is 4.75. The van der Waals surface area contributed by atoms with Gasteiger partial charge < -0.3 is 0 Å². The fraction of sp³-hybridized carbons (Fsp3) is 1.00. The van der Waals surface area contributed by atoms with Crippen LogP contribution >= 0.6 is 0 Å². The van der Waals surface area contributed by atoms with E-state index in [0.29, 0.717) is 0 Å². The molecule has 0 fully saturated rings. The van der Waals surface area contributed by atoms with Crippen LogP contribution in [0.15, 0.2) is 0 Å². The van der Waals surface area contributed by atoms with Crippen LogP contribution in [0.25, 0.3) is 0 Å². The maximum absolute atomic E-state index is 10.9. The molecule has 0 amide bonds. The fourth-order valence-corrected chi connectivity index (χ4v) is 0.701. The van der Waals surface area contributed by atoms with Gasteiger partial charge in [-0.3, -0.25) is 0 Å². The van der Waals surface area contributed by atoms with Gasteiger partial charge in [-0.05, 0) is 0 Å². The number of alkyl halides is 3. The molecule has 4 nitrogen and oxygen atoms in total. The van der Waals surface area contributed by atoms with Gasteiger partial charge in [0.2, 0.25) is 0 Å². The number of halogens is 3. The molecule has 0 bridgehead atoms. The second-order valence-corrected chi connectivity index (χ2v) is 3.47. The third-order valence-electron chi connectivity index (χ3n) is 0.222. The first-order chi connectivity index (χ1) is 3.71. The number of hydrogen-bond acceptors (Lipinski definition) is 2. The van der Waals surface area contributed by atoms with E-state index in [-0.39, 0.29) is 0 Å². The van der Waals surface area contributed by atoms with E-state index >= 15 is 0 Å². The summed E-state index contributed by atoms with van der Waals surface area (Å²) < 4.78 is 59.5. The van der Waals surface area contributed by atoms with Gasteiger partial charge in [0.25, 0.3) is 0 Å². The van der Waals surface area contributed by atoms with Crippen molar-refractivity contribution < 1.29 is 28.8 Å². The van der Waals surface area contributed by atoms with Crippen molar-refractivity contribution in [1.29, 1.82) is 0 Å². The molecule has 0 spiro atoms. The predicted octanol–water partition coefficient (Wildman–Crippen LogP) is -0.627. The summed E-state index contributed by atoms with van der Waals surface area (Å²) in [4.78, 5) is 0. The Kier molecular flexibility index (Phi) is 2.34. The summed E-state index contributed by atoms with van der Waals surface area (Å²) in [5.74, 6) is 0. The Morgan fingerprint density at radius 1 is 1.33 bits per heavy atom. The van der Waals surface area contributed by atoms with Gasteiger partial charge in [0.05, 0.1) is 0 Å². The molecule has 56 valence electrons. The van der Waals surface area contributed by atoms with Crippen molar-refractivity contribution in [2.24, 2.45) is 0 Å². The van der Waals surface area contributed by atoms with E-state index in [1.807, 2.05) is 0 Å². The van der Waals surface area contributed by atoms with Crippen LogP contribution in [0, 0.1) is 0 Å². The zero-order valence-corrected chi connectivity index (χ0v) is 5.67. The molecule has 0 saturated carbocycles. The van der Waals surface area contributed by atoms with Gasteiger partial charge in [0, 0.05) is 0 Å².